The van der Waals surface area contributed by atoms with Crippen LogP contribution in [0.1, 0.15) is 12.8 Å². The summed E-state index contributed by atoms with van der Waals surface area (Å²) in [5, 5.41) is 3.02. The molecule has 14 heavy (non-hydrogen) atoms. The SMILES string of the molecule is FC1(F)CC(Nc2ccnc(Br)c2)C1. The molecule has 0 unspecified atom stereocenters. The Morgan fingerprint density at radius 2 is 2.21 bits per heavy atom. The minimum atomic E-state index is -2.47. The maximum Gasteiger partial charge on any atom is 0.252 e. The summed E-state index contributed by atoms with van der Waals surface area (Å²) in [6, 6.07) is 3.43. The van der Waals surface area contributed by atoms with Crippen molar-refractivity contribution in [3.8, 4) is 0 Å². The molecule has 0 amide bonds. The summed E-state index contributed by atoms with van der Waals surface area (Å²) in [7, 11) is 0. The molecule has 1 aliphatic rings. The van der Waals surface area contributed by atoms with Crippen molar-refractivity contribution in [3.63, 3.8) is 0 Å². The van der Waals surface area contributed by atoms with Crippen LogP contribution in [0.4, 0.5) is 14.5 Å². The maximum absolute atomic E-state index is 12.5. The Kier molecular flexibility index (Phi) is 2.43. The van der Waals surface area contributed by atoms with E-state index in [-0.39, 0.29) is 18.9 Å². The highest BCUT2D eigenvalue weighted by Crippen LogP contribution is 2.39. The predicted octanol–water partition coefficient (Wildman–Crippen LogP) is 3.05. The number of nitrogens with one attached hydrogen (secondary N) is 1. The molecular weight excluding hydrogens is 254 g/mol. The molecule has 1 N–H and O–H groups in total. The molecule has 0 aliphatic heterocycles. The standard InChI is InChI=1S/C9H9BrF2N2/c10-8-3-6(1-2-13-8)14-7-4-9(11,12)5-7/h1-3,7H,4-5H2,(H,13,14). The first-order valence-electron chi connectivity index (χ1n) is 4.31. The average Bonchev–Trinajstić information content (AvgIpc) is 2.00. The van der Waals surface area contributed by atoms with Crippen LogP contribution < -0.4 is 5.32 Å². The summed E-state index contributed by atoms with van der Waals surface area (Å²) >= 11 is 3.22. The molecule has 0 spiro atoms. The summed E-state index contributed by atoms with van der Waals surface area (Å²) < 4.78 is 25.7. The third-order valence-electron chi connectivity index (χ3n) is 2.19. The van der Waals surface area contributed by atoms with Crippen LogP contribution in [0.25, 0.3) is 0 Å². The van der Waals surface area contributed by atoms with Crippen molar-refractivity contribution in [2.75, 3.05) is 5.32 Å². The van der Waals surface area contributed by atoms with E-state index >= 15 is 0 Å². The summed E-state index contributed by atoms with van der Waals surface area (Å²) in [5.41, 5.74) is 0.826. The minimum absolute atomic E-state index is 0.0764. The van der Waals surface area contributed by atoms with Crippen LogP contribution >= 0.6 is 15.9 Å². The Balaban J connectivity index is 1.93. The fraction of sp³-hybridized carbons (Fsp3) is 0.444. The molecule has 0 atom stereocenters. The van der Waals surface area contributed by atoms with Gasteiger partial charge in [0.25, 0.3) is 5.92 Å². The third-order valence-corrected chi connectivity index (χ3v) is 2.62. The average molecular weight is 263 g/mol. The monoisotopic (exact) mass is 262 g/mol. The van der Waals surface area contributed by atoms with Gasteiger partial charge < -0.3 is 5.32 Å². The van der Waals surface area contributed by atoms with E-state index in [1.165, 1.54) is 0 Å². The topological polar surface area (TPSA) is 24.9 Å². The van der Waals surface area contributed by atoms with E-state index in [9.17, 15) is 8.78 Å². The number of nitrogens with zero attached hydrogens (tertiary/aromatic N) is 1. The van der Waals surface area contributed by atoms with E-state index < -0.39 is 5.92 Å². The van der Waals surface area contributed by atoms with Crippen LogP contribution in [0, 0.1) is 0 Å². The van der Waals surface area contributed by atoms with Crippen molar-refractivity contribution in [2.24, 2.45) is 0 Å². The van der Waals surface area contributed by atoms with Crippen molar-refractivity contribution < 1.29 is 8.78 Å². The van der Waals surface area contributed by atoms with Crippen LogP contribution in [0.2, 0.25) is 0 Å². The molecule has 1 saturated carbocycles. The van der Waals surface area contributed by atoms with Gasteiger partial charge in [-0.25, -0.2) is 13.8 Å². The molecule has 0 bridgehead atoms. The van der Waals surface area contributed by atoms with Crippen molar-refractivity contribution in [3.05, 3.63) is 22.9 Å². The van der Waals surface area contributed by atoms with E-state index in [2.05, 4.69) is 26.2 Å². The van der Waals surface area contributed by atoms with Crippen LogP contribution in [0.15, 0.2) is 22.9 Å². The van der Waals surface area contributed by atoms with Gasteiger partial charge in [0.15, 0.2) is 0 Å². The summed E-state index contributed by atoms with van der Waals surface area (Å²) in [4.78, 5) is 3.95. The number of rotatable bonds is 2. The summed E-state index contributed by atoms with van der Waals surface area (Å²) in [6.07, 6.45) is 1.48. The van der Waals surface area contributed by atoms with Crippen molar-refractivity contribution in [2.45, 2.75) is 24.8 Å². The van der Waals surface area contributed by atoms with Gasteiger partial charge in [0.05, 0.1) is 0 Å². The molecule has 76 valence electrons. The number of hydrogen-bond donors (Lipinski definition) is 1. The van der Waals surface area contributed by atoms with Gasteiger partial charge in [-0.2, -0.15) is 0 Å². The molecular formula is C9H9BrF2N2. The first-order valence-corrected chi connectivity index (χ1v) is 5.10. The van der Waals surface area contributed by atoms with E-state index in [1.54, 1.807) is 18.3 Å². The van der Waals surface area contributed by atoms with Gasteiger partial charge in [-0.15, -0.1) is 0 Å². The lowest BCUT2D eigenvalue weighted by Gasteiger charge is -2.35. The van der Waals surface area contributed by atoms with Crippen LogP contribution in [-0.2, 0) is 0 Å². The fourth-order valence-corrected chi connectivity index (χ4v) is 1.86. The van der Waals surface area contributed by atoms with Gasteiger partial charge in [-0.1, -0.05) is 0 Å². The number of pyridine rings is 1. The number of halogens is 3. The lowest BCUT2D eigenvalue weighted by Crippen LogP contribution is -2.44. The Hall–Kier alpha value is -0.710. The number of hydrogen-bond acceptors (Lipinski definition) is 2. The Labute approximate surface area is 88.9 Å². The molecule has 2 rings (SSSR count). The molecule has 1 aromatic heterocycles. The number of alkyl halides is 2. The quantitative estimate of drug-likeness (QED) is 0.829. The molecule has 0 aromatic carbocycles. The van der Waals surface area contributed by atoms with Crippen molar-refractivity contribution in [1.29, 1.82) is 0 Å². The maximum atomic E-state index is 12.5. The smallest absolute Gasteiger partial charge is 0.252 e. The fourth-order valence-electron chi connectivity index (χ4n) is 1.49. The molecule has 5 heteroatoms. The number of aromatic nitrogens is 1. The molecule has 2 nitrogen and oxygen atoms in total. The third kappa shape index (κ3) is 2.20. The highest BCUT2D eigenvalue weighted by molar-refractivity contribution is 9.10. The first kappa shape index (κ1) is 9.83. The second kappa shape index (κ2) is 3.46. The molecule has 1 heterocycles. The van der Waals surface area contributed by atoms with Crippen LogP contribution in [-0.4, -0.2) is 16.9 Å². The largest absolute Gasteiger partial charge is 0.382 e. The zero-order valence-corrected chi connectivity index (χ0v) is 8.89. The molecule has 1 aliphatic carbocycles. The molecule has 1 fully saturated rings. The Morgan fingerprint density at radius 3 is 2.79 bits per heavy atom. The van der Waals surface area contributed by atoms with E-state index in [4.69, 9.17) is 0 Å². The number of anilines is 1. The molecule has 1 aromatic rings. The Bertz CT molecular complexity index is 335. The van der Waals surface area contributed by atoms with Crippen LogP contribution in [0.3, 0.4) is 0 Å². The van der Waals surface area contributed by atoms with Crippen molar-refractivity contribution >= 4 is 21.6 Å². The normalized spacial score (nSPS) is 20.2. The summed E-state index contributed by atoms with van der Waals surface area (Å²) in [5.74, 6) is -2.47. The lowest BCUT2D eigenvalue weighted by atomic mass is 9.88. The van der Waals surface area contributed by atoms with Gasteiger partial charge in [0, 0.05) is 30.8 Å². The second-order valence-electron chi connectivity index (χ2n) is 3.47. The Morgan fingerprint density at radius 1 is 1.50 bits per heavy atom. The second-order valence-corrected chi connectivity index (χ2v) is 4.29. The minimum Gasteiger partial charge on any atom is -0.382 e. The molecule has 0 saturated heterocycles. The van der Waals surface area contributed by atoms with Gasteiger partial charge in [0.2, 0.25) is 0 Å². The highest BCUT2D eigenvalue weighted by atomic mass is 79.9. The first-order chi connectivity index (χ1) is 6.55. The van der Waals surface area contributed by atoms with Gasteiger partial charge in [-0.3, -0.25) is 0 Å². The van der Waals surface area contributed by atoms with Gasteiger partial charge >= 0.3 is 0 Å². The zero-order chi connectivity index (χ0) is 10.2. The van der Waals surface area contributed by atoms with Gasteiger partial charge in [0.1, 0.15) is 4.60 Å². The van der Waals surface area contributed by atoms with Gasteiger partial charge in [-0.05, 0) is 28.1 Å². The zero-order valence-electron chi connectivity index (χ0n) is 7.30. The lowest BCUT2D eigenvalue weighted by molar-refractivity contribution is -0.0793. The summed E-state index contributed by atoms with van der Waals surface area (Å²) in [6.45, 7) is 0. The highest BCUT2D eigenvalue weighted by Gasteiger charge is 2.45. The molecule has 0 radical (unpaired) electrons. The van der Waals surface area contributed by atoms with Crippen LogP contribution in [0.5, 0.6) is 0 Å². The van der Waals surface area contributed by atoms with E-state index in [0.29, 0.717) is 4.60 Å². The van der Waals surface area contributed by atoms with E-state index in [1.807, 2.05) is 0 Å². The van der Waals surface area contributed by atoms with Crippen molar-refractivity contribution in [1.82, 2.24) is 4.98 Å². The predicted molar refractivity (Wildman–Crippen MR) is 53.5 cm³/mol. The van der Waals surface area contributed by atoms with E-state index in [0.717, 1.165) is 5.69 Å².